The van der Waals surface area contributed by atoms with E-state index in [4.69, 9.17) is 14.4 Å². The first kappa shape index (κ1) is 14.5. The number of rotatable bonds is 6. The predicted molar refractivity (Wildman–Crippen MR) is 70.6 cm³/mol. The topological polar surface area (TPSA) is 68.4 Å². The number of hydrogen-bond donors (Lipinski definition) is 1. The van der Waals surface area contributed by atoms with Crippen molar-refractivity contribution < 1.29 is 14.4 Å². The fourth-order valence-electron chi connectivity index (χ4n) is 2.91. The van der Waals surface area contributed by atoms with E-state index < -0.39 is 0 Å². The minimum atomic E-state index is -0.365. The molecule has 19 heavy (non-hydrogen) atoms. The van der Waals surface area contributed by atoms with Crippen LogP contribution in [0.25, 0.3) is 0 Å². The predicted octanol–water partition coefficient (Wildman–Crippen LogP) is 2.44. The van der Waals surface area contributed by atoms with E-state index >= 15 is 0 Å². The third-order valence-corrected chi connectivity index (χ3v) is 4.02. The van der Waals surface area contributed by atoms with Gasteiger partial charge in [-0.15, -0.1) is 0 Å². The van der Waals surface area contributed by atoms with Crippen molar-refractivity contribution in [1.82, 2.24) is 10.1 Å². The Balaban J connectivity index is 2.06. The van der Waals surface area contributed by atoms with E-state index in [-0.39, 0.29) is 12.2 Å². The number of aliphatic hydroxyl groups excluding tert-OH is 1. The Bertz CT molecular complexity index is 394. The summed E-state index contributed by atoms with van der Waals surface area (Å²) in [6.07, 6.45) is 6.67. The van der Waals surface area contributed by atoms with Gasteiger partial charge >= 0.3 is 0 Å². The van der Waals surface area contributed by atoms with Gasteiger partial charge in [-0.3, -0.25) is 0 Å². The van der Waals surface area contributed by atoms with E-state index in [2.05, 4.69) is 17.1 Å². The molecule has 0 spiro atoms. The molecule has 5 nitrogen and oxygen atoms in total. The van der Waals surface area contributed by atoms with Gasteiger partial charge in [0.25, 0.3) is 0 Å². The summed E-state index contributed by atoms with van der Waals surface area (Å²) in [5.41, 5.74) is -0.365. The second kappa shape index (κ2) is 6.48. The highest BCUT2D eigenvalue weighted by atomic mass is 16.5. The van der Waals surface area contributed by atoms with Crippen LogP contribution in [0.1, 0.15) is 57.2 Å². The molecular formula is C14H24N2O3. The Morgan fingerprint density at radius 3 is 3.00 bits per heavy atom. The minimum absolute atomic E-state index is 0.209. The second-order valence-corrected chi connectivity index (χ2v) is 5.59. The number of ether oxygens (including phenoxy) is 1. The highest BCUT2D eigenvalue weighted by molar-refractivity contribution is 5.04. The van der Waals surface area contributed by atoms with Gasteiger partial charge in [0.15, 0.2) is 0 Å². The summed E-state index contributed by atoms with van der Waals surface area (Å²) in [6, 6.07) is 0. The number of unbranched alkanes of at least 4 members (excludes halogenated alkanes) is 1. The summed E-state index contributed by atoms with van der Waals surface area (Å²) >= 11 is 0. The molecule has 1 heterocycles. The highest BCUT2D eigenvalue weighted by Crippen LogP contribution is 2.41. The first-order valence-corrected chi connectivity index (χ1v) is 7.19. The third-order valence-electron chi connectivity index (χ3n) is 4.02. The molecule has 0 amide bonds. The smallest absolute Gasteiger partial charge is 0.226 e. The molecule has 1 aromatic rings. The number of aromatic nitrogens is 2. The molecule has 5 heteroatoms. The van der Waals surface area contributed by atoms with Gasteiger partial charge in [-0.05, 0) is 38.0 Å². The van der Waals surface area contributed by atoms with Gasteiger partial charge in [0.05, 0.1) is 0 Å². The molecule has 1 N–H and O–H groups in total. The molecule has 1 aliphatic carbocycles. The summed E-state index contributed by atoms with van der Waals surface area (Å²) in [5, 5.41) is 12.9. The zero-order chi connectivity index (χ0) is 13.7. The van der Waals surface area contributed by atoms with Crippen LogP contribution in [0.2, 0.25) is 0 Å². The van der Waals surface area contributed by atoms with Crippen LogP contribution >= 0.6 is 0 Å². The van der Waals surface area contributed by atoms with E-state index in [1.165, 1.54) is 6.42 Å². The van der Waals surface area contributed by atoms with Crippen LogP contribution < -0.4 is 0 Å². The molecule has 0 aromatic carbocycles. The van der Waals surface area contributed by atoms with Crippen molar-refractivity contribution in [1.29, 1.82) is 0 Å². The zero-order valence-electron chi connectivity index (χ0n) is 11.9. The lowest BCUT2D eigenvalue weighted by molar-refractivity contribution is -0.0658. The Labute approximate surface area is 114 Å². The molecule has 2 atom stereocenters. The van der Waals surface area contributed by atoms with Crippen LogP contribution in [0, 0.1) is 5.92 Å². The normalized spacial score (nSPS) is 27.6. The second-order valence-electron chi connectivity index (χ2n) is 5.59. The first-order chi connectivity index (χ1) is 9.20. The first-order valence-electron chi connectivity index (χ1n) is 7.19. The Kier molecular flexibility index (Phi) is 4.93. The molecule has 1 fully saturated rings. The van der Waals surface area contributed by atoms with E-state index in [9.17, 15) is 0 Å². The van der Waals surface area contributed by atoms with Gasteiger partial charge < -0.3 is 14.4 Å². The standard InChI is InChI=1S/C14H24N2O3/c1-11-6-5-8-14(10-11,18-2)13-15-12(19-16-13)7-3-4-9-17/h11,17H,3-10H2,1-2H3. The molecule has 0 saturated heterocycles. The SMILES string of the molecule is COC1(c2noc(CCCCO)n2)CCCC(C)C1. The van der Waals surface area contributed by atoms with Crippen LogP contribution in [0.4, 0.5) is 0 Å². The van der Waals surface area contributed by atoms with Crippen LogP contribution in [-0.2, 0) is 16.8 Å². The molecule has 0 aliphatic heterocycles. The summed E-state index contributed by atoms with van der Waals surface area (Å²) in [5.74, 6) is 1.98. The van der Waals surface area contributed by atoms with Crippen LogP contribution in [0.15, 0.2) is 4.52 Å². The van der Waals surface area contributed by atoms with Crippen molar-refractivity contribution in [2.45, 2.75) is 57.5 Å². The summed E-state index contributed by atoms with van der Waals surface area (Å²) < 4.78 is 11.1. The lowest BCUT2D eigenvalue weighted by Gasteiger charge is -2.36. The van der Waals surface area contributed by atoms with Gasteiger partial charge in [0, 0.05) is 20.1 Å². The van der Waals surface area contributed by atoms with E-state index in [0.29, 0.717) is 17.6 Å². The van der Waals surface area contributed by atoms with Crippen LogP contribution in [0.5, 0.6) is 0 Å². The van der Waals surface area contributed by atoms with Crippen molar-refractivity contribution in [3.05, 3.63) is 11.7 Å². The quantitative estimate of drug-likeness (QED) is 0.802. The largest absolute Gasteiger partial charge is 0.396 e. The summed E-state index contributed by atoms with van der Waals surface area (Å²) in [7, 11) is 1.74. The fourth-order valence-corrected chi connectivity index (χ4v) is 2.91. The van der Waals surface area contributed by atoms with Gasteiger partial charge in [-0.1, -0.05) is 18.5 Å². The maximum atomic E-state index is 8.77. The number of nitrogens with zero attached hydrogens (tertiary/aromatic N) is 2. The molecule has 0 radical (unpaired) electrons. The Morgan fingerprint density at radius 2 is 2.32 bits per heavy atom. The van der Waals surface area contributed by atoms with Crippen LogP contribution in [-0.4, -0.2) is 29.0 Å². The number of aryl methyl sites for hydroxylation is 1. The molecule has 0 bridgehead atoms. The minimum Gasteiger partial charge on any atom is -0.396 e. The summed E-state index contributed by atoms with van der Waals surface area (Å²) in [4.78, 5) is 4.50. The summed E-state index contributed by atoms with van der Waals surface area (Å²) in [6.45, 7) is 2.45. The zero-order valence-corrected chi connectivity index (χ0v) is 11.9. The van der Waals surface area contributed by atoms with Crippen molar-refractivity contribution in [3.8, 4) is 0 Å². The van der Waals surface area contributed by atoms with Crippen molar-refractivity contribution in [2.75, 3.05) is 13.7 Å². The van der Waals surface area contributed by atoms with Gasteiger partial charge in [-0.25, -0.2) is 0 Å². The van der Waals surface area contributed by atoms with Crippen LogP contribution in [0.3, 0.4) is 0 Å². The van der Waals surface area contributed by atoms with Crippen molar-refractivity contribution >= 4 is 0 Å². The Morgan fingerprint density at radius 1 is 1.47 bits per heavy atom. The van der Waals surface area contributed by atoms with E-state index in [1.807, 2.05) is 0 Å². The average molecular weight is 268 g/mol. The lowest BCUT2D eigenvalue weighted by atomic mass is 9.78. The molecule has 2 rings (SSSR count). The van der Waals surface area contributed by atoms with Crippen molar-refractivity contribution in [2.24, 2.45) is 5.92 Å². The maximum Gasteiger partial charge on any atom is 0.226 e. The monoisotopic (exact) mass is 268 g/mol. The van der Waals surface area contributed by atoms with E-state index in [0.717, 1.165) is 38.5 Å². The van der Waals surface area contributed by atoms with Gasteiger partial charge in [0.2, 0.25) is 11.7 Å². The van der Waals surface area contributed by atoms with Gasteiger partial charge in [-0.2, -0.15) is 4.98 Å². The molecule has 1 aromatic heterocycles. The Hall–Kier alpha value is -0.940. The molecule has 108 valence electrons. The van der Waals surface area contributed by atoms with Gasteiger partial charge in [0.1, 0.15) is 5.60 Å². The van der Waals surface area contributed by atoms with E-state index in [1.54, 1.807) is 7.11 Å². The third kappa shape index (κ3) is 3.34. The molecule has 1 aliphatic rings. The van der Waals surface area contributed by atoms with Crippen molar-refractivity contribution in [3.63, 3.8) is 0 Å². The molecular weight excluding hydrogens is 244 g/mol. The molecule has 2 unspecified atom stereocenters. The maximum absolute atomic E-state index is 8.77. The molecule has 1 saturated carbocycles. The fraction of sp³-hybridized carbons (Fsp3) is 0.857. The highest BCUT2D eigenvalue weighted by Gasteiger charge is 2.40. The number of hydrogen-bond acceptors (Lipinski definition) is 5. The number of methoxy groups -OCH3 is 1. The number of aliphatic hydroxyl groups is 1. The lowest BCUT2D eigenvalue weighted by Crippen LogP contribution is -2.35. The average Bonchev–Trinajstić information content (AvgIpc) is 2.88.